The number of nitrogens with zero attached hydrogens (tertiary/aromatic N) is 4. The number of aryl methyl sites for hydroxylation is 1. The largest absolute Gasteiger partial charge is 0.496 e. The van der Waals surface area contributed by atoms with Crippen LogP contribution in [0.25, 0.3) is 5.78 Å². The van der Waals surface area contributed by atoms with E-state index in [1.54, 1.807) is 11.6 Å². The van der Waals surface area contributed by atoms with Gasteiger partial charge in [0.15, 0.2) is 0 Å². The highest BCUT2D eigenvalue weighted by Gasteiger charge is 2.13. The van der Waals surface area contributed by atoms with E-state index < -0.39 is 0 Å². The molecule has 1 aromatic carbocycles. The van der Waals surface area contributed by atoms with E-state index in [4.69, 9.17) is 4.74 Å². The molecule has 6 heteroatoms. The molecule has 0 fully saturated rings. The van der Waals surface area contributed by atoms with Crippen LogP contribution < -0.4 is 10.1 Å². The van der Waals surface area contributed by atoms with Crippen molar-refractivity contribution in [2.24, 2.45) is 0 Å². The maximum atomic E-state index is 5.40. The molecule has 3 rings (SSSR count). The molecule has 0 atom stereocenters. The van der Waals surface area contributed by atoms with Crippen molar-refractivity contribution in [2.75, 3.05) is 12.4 Å². The standard InChI is InChI=1S/C16H19N5O/c1-4-13-11(2)20-16-18-10-19-21(16)15(13)17-9-12-7-5-6-8-14(12)22-3/h5-8,10,17H,4,9H2,1-3H3. The summed E-state index contributed by atoms with van der Waals surface area (Å²) >= 11 is 0. The fourth-order valence-electron chi connectivity index (χ4n) is 2.62. The first-order chi connectivity index (χ1) is 10.7. The van der Waals surface area contributed by atoms with Gasteiger partial charge < -0.3 is 10.1 Å². The summed E-state index contributed by atoms with van der Waals surface area (Å²) in [7, 11) is 1.68. The smallest absolute Gasteiger partial charge is 0.254 e. The van der Waals surface area contributed by atoms with E-state index in [9.17, 15) is 0 Å². The topological polar surface area (TPSA) is 64.3 Å². The number of para-hydroxylation sites is 1. The summed E-state index contributed by atoms with van der Waals surface area (Å²) in [5, 5.41) is 7.74. The molecule has 22 heavy (non-hydrogen) atoms. The molecule has 6 nitrogen and oxygen atoms in total. The first-order valence-electron chi connectivity index (χ1n) is 7.29. The van der Waals surface area contributed by atoms with Gasteiger partial charge in [-0.25, -0.2) is 4.98 Å². The van der Waals surface area contributed by atoms with Crippen LogP contribution in [-0.4, -0.2) is 26.7 Å². The van der Waals surface area contributed by atoms with Gasteiger partial charge in [-0.1, -0.05) is 25.1 Å². The maximum absolute atomic E-state index is 5.40. The first-order valence-corrected chi connectivity index (χ1v) is 7.29. The molecule has 2 heterocycles. The van der Waals surface area contributed by atoms with Gasteiger partial charge in [0, 0.05) is 23.4 Å². The molecule has 0 aliphatic carbocycles. The molecule has 0 amide bonds. The van der Waals surface area contributed by atoms with E-state index >= 15 is 0 Å². The average Bonchev–Trinajstić information content (AvgIpc) is 3.00. The first kappa shape index (κ1) is 14.3. The van der Waals surface area contributed by atoms with Gasteiger partial charge in [-0.2, -0.15) is 14.6 Å². The van der Waals surface area contributed by atoms with Gasteiger partial charge in [0.1, 0.15) is 17.9 Å². The van der Waals surface area contributed by atoms with E-state index in [-0.39, 0.29) is 0 Å². The molecule has 0 bridgehead atoms. The molecule has 0 spiro atoms. The fraction of sp³-hybridized carbons (Fsp3) is 0.312. The van der Waals surface area contributed by atoms with Crippen molar-refractivity contribution >= 4 is 11.6 Å². The van der Waals surface area contributed by atoms with Gasteiger partial charge >= 0.3 is 0 Å². The second kappa shape index (κ2) is 6.01. The summed E-state index contributed by atoms with van der Waals surface area (Å²) in [6.07, 6.45) is 2.40. The third kappa shape index (κ3) is 2.47. The molecule has 0 unspecified atom stereocenters. The van der Waals surface area contributed by atoms with Crippen LogP contribution in [-0.2, 0) is 13.0 Å². The Labute approximate surface area is 129 Å². The minimum atomic E-state index is 0.609. The fourth-order valence-corrected chi connectivity index (χ4v) is 2.62. The molecule has 0 aliphatic heterocycles. The number of hydrogen-bond acceptors (Lipinski definition) is 5. The van der Waals surface area contributed by atoms with Crippen molar-refractivity contribution < 1.29 is 4.74 Å². The number of nitrogens with one attached hydrogen (secondary N) is 1. The Morgan fingerprint density at radius 3 is 2.86 bits per heavy atom. The van der Waals surface area contributed by atoms with Gasteiger partial charge in [0.2, 0.25) is 0 Å². The summed E-state index contributed by atoms with van der Waals surface area (Å²) in [4.78, 5) is 8.66. The van der Waals surface area contributed by atoms with Crippen molar-refractivity contribution in [3.05, 3.63) is 47.4 Å². The summed E-state index contributed by atoms with van der Waals surface area (Å²) in [5.41, 5.74) is 3.22. The van der Waals surface area contributed by atoms with Crippen LogP contribution >= 0.6 is 0 Å². The minimum Gasteiger partial charge on any atom is -0.496 e. The number of fused-ring (bicyclic) bond motifs is 1. The van der Waals surface area contributed by atoms with E-state index in [0.717, 1.165) is 34.8 Å². The van der Waals surface area contributed by atoms with Crippen LogP contribution in [0.15, 0.2) is 30.6 Å². The normalized spacial score (nSPS) is 10.9. The zero-order valence-electron chi connectivity index (χ0n) is 13.0. The number of ether oxygens (including phenoxy) is 1. The van der Waals surface area contributed by atoms with E-state index in [2.05, 4.69) is 27.3 Å². The Morgan fingerprint density at radius 2 is 2.09 bits per heavy atom. The number of hydrogen-bond donors (Lipinski definition) is 1. The summed E-state index contributed by atoms with van der Waals surface area (Å²) in [6, 6.07) is 7.97. The highest BCUT2D eigenvalue weighted by molar-refractivity contribution is 5.53. The van der Waals surface area contributed by atoms with Crippen LogP contribution in [0.2, 0.25) is 0 Å². The molecule has 0 saturated carbocycles. The Balaban J connectivity index is 1.98. The van der Waals surface area contributed by atoms with E-state index in [0.29, 0.717) is 12.3 Å². The Kier molecular flexibility index (Phi) is 3.91. The van der Waals surface area contributed by atoms with Crippen molar-refractivity contribution in [1.82, 2.24) is 19.6 Å². The molecule has 0 aliphatic rings. The molecular formula is C16H19N5O. The number of aromatic nitrogens is 4. The summed E-state index contributed by atoms with van der Waals surface area (Å²) in [6.45, 7) is 4.76. The van der Waals surface area contributed by atoms with Gasteiger partial charge in [0.25, 0.3) is 5.78 Å². The minimum absolute atomic E-state index is 0.609. The molecule has 2 aromatic heterocycles. The lowest BCUT2D eigenvalue weighted by Gasteiger charge is -2.15. The predicted octanol–water partition coefficient (Wildman–Crippen LogP) is 2.62. The monoisotopic (exact) mass is 297 g/mol. The van der Waals surface area contributed by atoms with Crippen molar-refractivity contribution in [3.8, 4) is 5.75 Å². The lowest BCUT2D eigenvalue weighted by molar-refractivity contribution is 0.410. The highest BCUT2D eigenvalue weighted by atomic mass is 16.5. The third-order valence-electron chi connectivity index (χ3n) is 3.72. The second-order valence-electron chi connectivity index (χ2n) is 5.02. The number of anilines is 1. The summed E-state index contributed by atoms with van der Waals surface area (Å²) < 4.78 is 7.15. The third-order valence-corrected chi connectivity index (χ3v) is 3.72. The lowest BCUT2D eigenvalue weighted by atomic mass is 10.1. The van der Waals surface area contributed by atoms with Crippen LogP contribution in [0, 0.1) is 6.92 Å². The van der Waals surface area contributed by atoms with Crippen molar-refractivity contribution in [2.45, 2.75) is 26.8 Å². The van der Waals surface area contributed by atoms with Crippen LogP contribution in [0.5, 0.6) is 5.75 Å². The molecule has 3 aromatic rings. The zero-order valence-corrected chi connectivity index (χ0v) is 13.0. The van der Waals surface area contributed by atoms with Crippen LogP contribution in [0.3, 0.4) is 0 Å². The predicted molar refractivity (Wildman–Crippen MR) is 85.2 cm³/mol. The Morgan fingerprint density at radius 1 is 1.27 bits per heavy atom. The second-order valence-corrected chi connectivity index (χ2v) is 5.02. The lowest BCUT2D eigenvalue weighted by Crippen LogP contribution is -2.11. The van der Waals surface area contributed by atoms with Crippen LogP contribution in [0.1, 0.15) is 23.7 Å². The SMILES string of the molecule is CCc1c(C)nc2ncnn2c1NCc1ccccc1OC. The van der Waals surface area contributed by atoms with Crippen molar-refractivity contribution in [1.29, 1.82) is 0 Å². The van der Waals surface area contributed by atoms with Gasteiger partial charge in [-0.3, -0.25) is 0 Å². The summed E-state index contributed by atoms with van der Waals surface area (Å²) in [5.74, 6) is 2.42. The Bertz CT molecular complexity index is 796. The molecule has 114 valence electrons. The maximum Gasteiger partial charge on any atom is 0.254 e. The quantitative estimate of drug-likeness (QED) is 0.784. The molecular weight excluding hydrogens is 278 g/mol. The van der Waals surface area contributed by atoms with Gasteiger partial charge in [-0.05, 0) is 19.4 Å². The number of rotatable bonds is 5. The number of benzene rings is 1. The van der Waals surface area contributed by atoms with Crippen LogP contribution in [0.4, 0.5) is 5.82 Å². The molecule has 0 radical (unpaired) electrons. The van der Waals surface area contributed by atoms with E-state index in [1.807, 2.05) is 31.2 Å². The highest BCUT2D eigenvalue weighted by Crippen LogP contribution is 2.23. The molecule has 1 N–H and O–H groups in total. The van der Waals surface area contributed by atoms with Gasteiger partial charge in [-0.15, -0.1) is 0 Å². The van der Waals surface area contributed by atoms with Crippen molar-refractivity contribution in [3.63, 3.8) is 0 Å². The Hall–Kier alpha value is -2.63. The van der Waals surface area contributed by atoms with Gasteiger partial charge in [0.05, 0.1) is 7.11 Å². The zero-order chi connectivity index (χ0) is 15.5. The number of methoxy groups -OCH3 is 1. The average molecular weight is 297 g/mol. The van der Waals surface area contributed by atoms with E-state index in [1.165, 1.54) is 6.33 Å². The molecule has 0 saturated heterocycles.